The summed E-state index contributed by atoms with van der Waals surface area (Å²) in [6.07, 6.45) is 3.41. The molecule has 0 spiro atoms. The maximum Gasteiger partial charge on any atom is 0.314 e. The first-order chi connectivity index (χ1) is 7.22. The van der Waals surface area contributed by atoms with Crippen LogP contribution in [0.2, 0.25) is 0 Å². The van der Waals surface area contributed by atoms with E-state index in [0.717, 1.165) is 12.8 Å². The molecule has 0 unspecified atom stereocenters. The van der Waals surface area contributed by atoms with Crippen LogP contribution in [-0.2, 0) is 4.79 Å². The second-order valence-corrected chi connectivity index (χ2v) is 3.73. The Morgan fingerprint density at radius 2 is 2.00 bits per heavy atom. The van der Waals surface area contributed by atoms with E-state index >= 15 is 0 Å². The largest absolute Gasteiger partial charge is 0.353 e. The first-order valence-electron chi connectivity index (χ1n) is 5.53. The summed E-state index contributed by atoms with van der Waals surface area (Å²) in [5, 5.41) is 8.20. The molecule has 1 aliphatic carbocycles. The number of amides is 3. The van der Waals surface area contributed by atoms with Crippen LogP contribution in [0.25, 0.3) is 0 Å². The molecule has 0 heterocycles. The number of urea groups is 1. The molecule has 0 bridgehead atoms. The van der Waals surface area contributed by atoms with Crippen molar-refractivity contribution in [3.63, 3.8) is 0 Å². The van der Waals surface area contributed by atoms with Crippen molar-refractivity contribution in [1.82, 2.24) is 16.0 Å². The van der Waals surface area contributed by atoms with E-state index in [1.54, 1.807) is 0 Å². The summed E-state index contributed by atoms with van der Waals surface area (Å²) in [6, 6.07) is 0.258. The summed E-state index contributed by atoms with van der Waals surface area (Å²) in [5.41, 5.74) is 0. The van der Waals surface area contributed by atoms with Gasteiger partial charge in [0.05, 0.1) is 0 Å². The van der Waals surface area contributed by atoms with Gasteiger partial charge in [-0.3, -0.25) is 4.79 Å². The molecule has 0 radical (unpaired) electrons. The lowest BCUT2D eigenvalue weighted by atomic mass is 10.3. The van der Waals surface area contributed by atoms with Gasteiger partial charge in [0, 0.05) is 25.6 Å². The molecular weight excluding hydrogens is 194 g/mol. The van der Waals surface area contributed by atoms with E-state index in [2.05, 4.69) is 16.0 Å². The quantitative estimate of drug-likeness (QED) is 0.558. The molecule has 0 atom stereocenters. The molecule has 0 aromatic heterocycles. The normalized spacial score (nSPS) is 14.5. The molecule has 0 aromatic rings. The van der Waals surface area contributed by atoms with Crippen LogP contribution in [0.1, 0.15) is 32.6 Å². The molecule has 86 valence electrons. The van der Waals surface area contributed by atoms with Crippen LogP contribution in [0, 0.1) is 0 Å². The molecule has 1 rings (SSSR count). The third-order valence-corrected chi connectivity index (χ3v) is 2.15. The lowest BCUT2D eigenvalue weighted by Crippen LogP contribution is -2.36. The van der Waals surface area contributed by atoms with Crippen molar-refractivity contribution < 1.29 is 9.59 Å². The smallest absolute Gasteiger partial charge is 0.314 e. The summed E-state index contributed by atoms with van der Waals surface area (Å²) in [4.78, 5) is 22.2. The van der Waals surface area contributed by atoms with Gasteiger partial charge in [-0.1, -0.05) is 0 Å². The third-order valence-electron chi connectivity index (χ3n) is 2.15. The molecule has 3 amide bonds. The summed E-state index contributed by atoms with van der Waals surface area (Å²) in [5.74, 6) is 0.0928. The minimum atomic E-state index is -0.167. The zero-order valence-electron chi connectivity index (χ0n) is 9.14. The van der Waals surface area contributed by atoms with Gasteiger partial charge in [-0.25, -0.2) is 4.79 Å². The Balaban J connectivity index is 1.91. The number of carbonyl (C=O) groups is 2. The standard InChI is InChI=1S/C10H19N3O2/c1-2-11-10(15)12-7-3-4-9(14)13-8-5-6-8/h8H,2-7H2,1H3,(H,13,14)(H2,11,12,15). The Morgan fingerprint density at radius 1 is 1.27 bits per heavy atom. The highest BCUT2D eigenvalue weighted by Crippen LogP contribution is 2.18. The van der Waals surface area contributed by atoms with Gasteiger partial charge in [-0.2, -0.15) is 0 Å². The molecule has 5 heteroatoms. The van der Waals surface area contributed by atoms with E-state index in [1.165, 1.54) is 0 Å². The van der Waals surface area contributed by atoms with Gasteiger partial charge in [-0.05, 0) is 26.2 Å². The average molecular weight is 213 g/mol. The van der Waals surface area contributed by atoms with Gasteiger partial charge in [-0.15, -0.1) is 0 Å². The minimum Gasteiger partial charge on any atom is -0.353 e. The number of carbonyl (C=O) groups excluding carboxylic acids is 2. The van der Waals surface area contributed by atoms with Crippen molar-refractivity contribution in [2.75, 3.05) is 13.1 Å². The van der Waals surface area contributed by atoms with Crippen LogP contribution in [0.3, 0.4) is 0 Å². The van der Waals surface area contributed by atoms with Gasteiger partial charge < -0.3 is 16.0 Å². The zero-order chi connectivity index (χ0) is 11.1. The summed E-state index contributed by atoms with van der Waals surface area (Å²) < 4.78 is 0. The van der Waals surface area contributed by atoms with Crippen molar-refractivity contribution in [3.8, 4) is 0 Å². The number of rotatable bonds is 6. The number of hydrogen-bond acceptors (Lipinski definition) is 2. The molecule has 3 N–H and O–H groups in total. The summed E-state index contributed by atoms with van der Waals surface area (Å²) in [7, 11) is 0. The Hall–Kier alpha value is -1.26. The Kier molecular flexibility index (Phi) is 4.93. The van der Waals surface area contributed by atoms with Crippen molar-refractivity contribution in [3.05, 3.63) is 0 Å². The van der Waals surface area contributed by atoms with Gasteiger partial charge in [0.1, 0.15) is 0 Å². The highest BCUT2D eigenvalue weighted by Gasteiger charge is 2.22. The van der Waals surface area contributed by atoms with Crippen molar-refractivity contribution >= 4 is 11.9 Å². The lowest BCUT2D eigenvalue weighted by Gasteiger charge is -2.05. The van der Waals surface area contributed by atoms with Gasteiger partial charge in [0.2, 0.25) is 5.91 Å². The average Bonchev–Trinajstić information content (AvgIpc) is 2.97. The van der Waals surface area contributed by atoms with Crippen LogP contribution in [-0.4, -0.2) is 31.1 Å². The Morgan fingerprint density at radius 3 is 2.60 bits per heavy atom. The van der Waals surface area contributed by atoms with E-state index in [4.69, 9.17) is 0 Å². The topological polar surface area (TPSA) is 70.2 Å². The van der Waals surface area contributed by atoms with Gasteiger partial charge in [0.25, 0.3) is 0 Å². The zero-order valence-corrected chi connectivity index (χ0v) is 9.14. The fourth-order valence-electron chi connectivity index (χ4n) is 1.20. The molecule has 0 aliphatic heterocycles. The molecule has 1 fully saturated rings. The molecule has 15 heavy (non-hydrogen) atoms. The molecular formula is C10H19N3O2. The van der Waals surface area contributed by atoms with E-state index < -0.39 is 0 Å². The van der Waals surface area contributed by atoms with Crippen LogP contribution in [0.5, 0.6) is 0 Å². The van der Waals surface area contributed by atoms with Crippen LogP contribution in [0.15, 0.2) is 0 Å². The van der Waals surface area contributed by atoms with Crippen LogP contribution < -0.4 is 16.0 Å². The number of hydrogen-bond donors (Lipinski definition) is 3. The van der Waals surface area contributed by atoms with E-state index in [9.17, 15) is 9.59 Å². The summed E-state index contributed by atoms with van der Waals surface area (Å²) in [6.45, 7) is 3.03. The second-order valence-electron chi connectivity index (χ2n) is 3.73. The fourth-order valence-corrected chi connectivity index (χ4v) is 1.20. The molecule has 1 aliphatic rings. The molecule has 0 saturated heterocycles. The maximum atomic E-state index is 11.2. The van der Waals surface area contributed by atoms with Crippen molar-refractivity contribution in [2.45, 2.75) is 38.6 Å². The van der Waals surface area contributed by atoms with Gasteiger partial charge in [0.15, 0.2) is 0 Å². The van der Waals surface area contributed by atoms with E-state index in [1.807, 2.05) is 6.92 Å². The second kappa shape index (κ2) is 6.27. The van der Waals surface area contributed by atoms with Gasteiger partial charge >= 0.3 is 6.03 Å². The highest BCUT2D eigenvalue weighted by molar-refractivity contribution is 5.76. The Bertz CT molecular complexity index is 227. The minimum absolute atomic E-state index is 0.0928. The highest BCUT2D eigenvalue weighted by atomic mass is 16.2. The predicted octanol–water partition coefficient (Wildman–Crippen LogP) is 0.364. The SMILES string of the molecule is CCNC(=O)NCCCC(=O)NC1CC1. The van der Waals surface area contributed by atoms with Crippen molar-refractivity contribution in [2.24, 2.45) is 0 Å². The monoisotopic (exact) mass is 213 g/mol. The molecule has 1 saturated carbocycles. The maximum absolute atomic E-state index is 11.2. The lowest BCUT2D eigenvalue weighted by molar-refractivity contribution is -0.121. The van der Waals surface area contributed by atoms with E-state index in [-0.39, 0.29) is 11.9 Å². The van der Waals surface area contributed by atoms with Crippen molar-refractivity contribution in [1.29, 1.82) is 0 Å². The Labute approximate surface area is 90.0 Å². The van der Waals surface area contributed by atoms with Crippen LogP contribution in [0.4, 0.5) is 4.79 Å². The molecule has 0 aromatic carbocycles. The number of nitrogens with one attached hydrogen (secondary N) is 3. The first-order valence-corrected chi connectivity index (χ1v) is 5.53. The fraction of sp³-hybridized carbons (Fsp3) is 0.800. The third kappa shape index (κ3) is 5.93. The van der Waals surface area contributed by atoms with E-state index in [0.29, 0.717) is 32.0 Å². The van der Waals surface area contributed by atoms with Crippen LogP contribution >= 0.6 is 0 Å². The molecule has 5 nitrogen and oxygen atoms in total. The summed E-state index contributed by atoms with van der Waals surface area (Å²) >= 11 is 0. The first kappa shape index (κ1) is 11.8. The predicted molar refractivity (Wildman–Crippen MR) is 57.5 cm³/mol.